The maximum Gasteiger partial charge on any atom is 0.207 e. The van der Waals surface area contributed by atoms with Gasteiger partial charge < -0.3 is 19.8 Å². The first-order chi connectivity index (χ1) is 16.8. The molecule has 0 saturated carbocycles. The van der Waals surface area contributed by atoms with Gasteiger partial charge in [-0.3, -0.25) is 4.79 Å². The first-order valence-electron chi connectivity index (χ1n) is 12.2. The fraction of sp³-hybridized carbons (Fsp3) is 0.519. The standard InChI is InChI=1S/C13H14N2OS.C8H13NO2.C6H13N/c1-9(14-7-16)11-3-5-12(6-4-11)13-10(2)15-8-17-13;1-6(2)7(5-10)8-3-4-9-11-8;1-6-4-3-5-7(6)2/h3-9H,1-2H3,(H,14,16);3,5-7,9H,4H2,1-2H3;6H,3-5H2,1-2H3. The van der Waals surface area contributed by atoms with Crippen LogP contribution in [0.3, 0.4) is 0 Å². The number of carbonyl (C=O) groups is 2. The molecular weight excluding hydrogens is 460 g/mol. The molecule has 0 spiro atoms. The minimum atomic E-state index is -0.0926. The number of aldehydes is 1. The lowest BCUT2D eigenvalue weighted by Crippen LogP contribution is -2.20. The van der Waals surface area contributed by atoms with Gasteiger partial charge in [-0.1, -0.05) is 38.1 Å². The summed E-state index contributed by atoms with van der Waals surface area (Å²) in [6.45, 7) is 12.3. The van der Waals surface area contributed by atoms with E-state index in [0.29, 0.717) is 12.5 Å². The summed E-state index contributed by atoms with van der Waals surface area (Å²) in [4.78, 5) is 33.8. The van der Waals surface area contributed by atoms with E-state index in [0.717, 1.165) is 35.8 Å². The third kappa shape index (κ3) is 8.87. The number of nitrogens with zero attached hydrogens (tertiary/aromatic N) is 2. The largest absolute Gasteiger partial charge is 0.412 e. The van der Waals surface area contributed by atoms with Crippen LogP contribution in [0, 0.1) is 18.8 Å². The number of aryl methyl sites for hydroxylation is 1. The SMILES string of the molecule is CC(C)C(C=O)C1=CCNO1.CC1CCCN1C.Cc1ncsc1-c1ccc(C(C)NC=O)cc1. The molecule has 3 heterocycles. The van der Waals surface area contributed by atoms with Gasteiger partial charge in [0.2, 0.25) is 6.41 Å². The molecule has 7 nitrogen and oxygen atoms in total. The molecule has 0 aliphatic carbocycles. The fourth-order valence-electron chi connectivity index (χ4n) is 3.84. The average Bonchev–Trinajstić information content (AvgIpc) is 3.60. The zero-order valence-corrected chi connectivity index (χ0v) is 22.6. The van der Waals surface area contributed by atoms with Crippen molar-refractivity contribution in [2.75, 3.05) is 20.1 Å². The third-order valence-electron chi connectivity index (χ3n) is 6.39. The molecule has 8 heteroatoms. The van der Waals surface area contributed by atoms with Crippen molar-refractivity contribution in [3.8, 4) is 10.4 Å². The first-order valence-corrected chi connectivity index (χ1v) is 13.1. The molecule has 2 aliphatic heterocycles. The number of thiazole rings is 1. The van der Waals surface area contributed by atoms with E-state index >= 15 is 0 Å². The van der Waals surface area contributed by atoms with Gasteiger partial charge in [0, 0.05) is 6.04 Å². The van der Waals surface area contributed by atoms with Crippen molar-refractivity contribution in [1.82, 2.24) is 20.7 Å². The van der Waals surface area contributed by atoms with Crippen molar-refractivity contribution in [2.24, 2.45) is 11.8 Å². The molecule has 0 radical (unpaired) electrons. The number of hydrogen-bond donors (Lipinski definition) is 2. The van der Waals surface area contributed by atoms with E-state index in [1.54, 1.807) is 11.3 Å². The summed E-state index contributed by atoms with van der Waals surface area (Å²) in [5, 5.41) is 2.74. The van der Waals surface area contributed by atoms with Crippen LogP contribution < -0.4 is 10.8 Å². The molecule has 0 bridgehead atoms. The molecule has 1 amide bonds. The Labute approximate surface area is 213 Å². The molecule has 1 aromatic carbocycles. The van der Waals surface area contributed by atoms with Gasteiger partial charge in [-0.25, -0.2) is 4.98 Å². The lowest BCUT2D eigenvalue weighted by Gasteiger charge is -2.13. The lowest BCUT2D eigenvalue weighted by molar-refractivity contribution is -0.112. The smallest absolute Gasteiger partial charge is 0.207 e. The highest BCUT2D eigenvalue weighted by Gasteiger charge is 2.21. The van der Waals surface area contributed by atoms with E-state index < -0.39 is 0 Å². The summed E-state index contributed by atoms with van der Waals surface area (Å²) in [6, 6.07) is 9.10. The van der Waals surface area contributed by atoms with Crippen LogP contribution in [0.25, 0.3) is 10.4 Å². The van der Waals surface area contributed by atoms with Gasteiger partial charge in [0.15, 0.2) is 0 Å². The normalized spacial score (nSPS) is 18.8. The Hall–Kier alpha value is -2.55. The Bertz CT molecular complexity index is 934. The molecule has 35 heavy (non-hydrogen) atoms. The van der Waals surface area contributed by atoms with Crippen molar-refractivity contribution in [3.63, 3.8) is 0 Å². The Morgan fingerprint density at radius 1 is 1.23 bits per heavy atom. The second-order valence-corrected chi connectivity index (χ2v) is 10.2. The van der Waals surface area contributed by atoms with Gasteiger partial charge in [-0.05, 0) is 70.3 Å². The van der Waals surface area contributed by atoms with E-state index in [9.17, 15) is 9.59 Å². The van der Waals surface area contributed by atoms with Crippen LogP contribution >= 0.6 is 11.3 Å². The number of carbonyl (C=O) groups excluding carboxylic acids is 2. The van der Waals surface area contributed by atoms with Crippen molar-refractivity contribution < 1.29 is 14.4 Å². The topological polar surface area (TPSA) is 83.6 Å². The second-order valence-electron chi connectivity index (χ2n) is 9.33. The van der Waals surface area contributed by atoms with Crippen LogP contribution in [0.2, 0.25) is 0 Å². The van der Waals surface area contributed by atoms with Gasteiger partial charge in [0.25, 0.3) is 0 Å². The molecule has 1 saturated heterocycles. The second kappa shape index (κ2) is 14.8. The number of rotatable bonds is 7. The summed E-state index contributed by atoms with van der Waals surface area (Å²) in [6.07, 6.45) is 6.36. The summed E-state index contributed by atoms with van der Waals surface area (Å²) >= 11 is 1.64. The molecule has 3 unspecified atom stereocenters. The van der Waals surface area contributed by atoms with Crippen LogP contribution in [0.4, 0.5) is 0 Å². The van der Waals surface area contributed by atoms with Gasteiger partial charge in [0.1, 0.15) is 12.0 Å². The molecule has 192 valence electrons. The van der Waals surface area contributed by atoms with Crippen LogP contribution in [-0.4, -0.2) is 48.8 Å². The molecule has 4 rings (SSSR count). The zero-order chi connectivity index (χ0) is 25.8. The third-order valence-corrected chi connectivity index (χ3v) is 7.37. The number of allylic oxidation sites excluding steroid dienone is 1. The highest BCUT2D eigenvalue weighted by atomic mass is 32.1. The Kier molecular flexibility index (Phi) is 12.1. The van der Waals surface area contributed by atoms with Crippen molar-refractivity contribution >= 4 is 24.0 Å². The van der Waals surface area contributed by atoms with E-state index in [4.69, 9.17) is 4.84 Å². The van der Waals surface area contributed by atoms with Gasteiger partial charge in [-0.15, -0.1) is 11.3 Å². The maximum absolute atomic E-state index is 10.6. The van der Waals surface area contributed by atoms with Gasteiger partial charge >= 0.3 is 0 Å². The number of nitrogens with one attached hydrogen (secondary N) is 2. The maximum atomic E-state index is 10.6. The van der Waals surface area contributed by atoms with E-state index in [2.05, 4.69) is 46.8 Å². The molecule has 1 fully saturated rings. The van der Waals surface area contributed by atoms with Crippen LogP contribution in [0.5, 0.6) is 0 Å². The molecule has 2 aliphatic rings. The number of hydroxylamine groups is 1. The molecule has 1 aromatic heterocycles. The molecular formula is C27H40N4O3S. The monoisotopic (exact) mass is 500 g/mol. The van der Waals surface area contributed by atoms with E-state index in [1.807, 2.05) is 51.4 Å². The zero-order valence-electron chi connectivity index (χ0n) is 21.8. The number of amides is 1. The highest BCUT2D eigenvalue weighted by Crippen LogP contribution is 2.28. The van der Waals surface area contributed by atoms with Crippen LogP contribution in [0.1, 0.15) is 57.8 Å². The number of hydrogen-bond acceptors (Lipinski definition) is 7. The molecule has 2 aromatic rings. The summed E-state index contributed by atoms with van der Waals surface area (Å²) in [7, 11) is 2.19. The van der Waals surface area contributed by atoms with E-state index in [-0.39, 0.29) is 12.0 Å². The average molecular weight is 501 g/mol. The van der Waals surface area contributed by atoms with Crippen molar-refractivity contribution in [3.05, 3.63) is 52.9 Å². The Morgan fingerprint density at radius 2 is 1.94 bits per heavy atom. The number of aromatic nitrogens is 1. The van der Waals surface area contributed by atoms with Gasteiger partial charge in [-0.2, -0.15) is 5.48 Å². The lowest BCUT2D eigenvalue weighted by atomic mass is 9.95. The summed E-state index contributed by atoms with van der Waals surface area (Å²) < 4.78 is 0. The Balaban J connectivity index is 0.000000205. The predicted octanol–water partition coefficient (Wildman–Crippen LogP) is 4.90. The number of benzene rings is 1. The van der Waals surface area contributed by atoms with Crippen molar-refractivity contribution in [1.29, 1.82) is 0 Å². The van der Waals surface area contributed by atoms with Crippen LogP contribution in [0.15, 0.2) is 41.6 Å². The summed E-state index contributed by atoms with van der Waals surface area (Å²) in [5.41, 5.74) is 7.88. The quantitative estimate of drug-likeness (QED) is 0.526. The number of likely N-dealkylation sites (tertiary alicyclic amines) is 1. The van der Waals surface area contributed by atoms with Gasteiger partial charge in [0.05, 0.1) is 34.6 Å². The first kappa shape index (κ1) is 28.7. The molecule has 2 N–H and O–H groups in total. The van der Waals surface area contributed by atoms with E-state index in [1.165, 1.54) is 29.8 Å². The summed E-state index contributed by atoms with van der Waals surface area (Å²) in [5.74, 6) is 0.971. The molecule has 3 atom stereocenters. The highest BCUT2D eigenvalue weighted by molar-refractivity contribution is 7.13. The minimum absolute atomic E-state index is 0.0455. The minimum Gasteiger partial charge on any atom is -0.412 e. The fourth-order valence-corrected chi connectivity index (χ4v) is 4.65. The predicted molar refractivity (Wildman–Crippen MR) is 143 cm³/mol. The Morgan fingerprint density at radius 3 is 2.34 bits per heavy atom. The van der Waals surface area contributed by atoms with Crippen LogP contribution in [-0.2, 0) is 14.4 Å². The van der Waals surface area contributed by atoms with Crippen molar-refractivity contribution in [2.45, 2.75) is 59.5 Å².